The van der Waals surface area contributed by atoms with Crippen LogP contribution in [0.3, 0.4) is 0 Å². The fraction of sp³-hybridized carbons (Fsp3) is 0.143. The van der Waals surface area contributed by atoms with Crippen molar-refractivity contribution in [1.29, 1.82) is 0 Å². The van der Waals surface area contributed by atoms with Gasteiger partial charge in [-0.15, -0.1) is 11.3 Å². The molecule has 3 rings (SSSR count). The van der Waals surface area contributed by atoms with Crippen molar-refractivity contribution in [2.45, 2.75) is 13.8 Å². The molecule has 0 unspecified atom stereocenters. The summed E-state index contributed by atoms with van der Waals surface area (Å²) in [7, 11) is 1.27. The monoisotopic (exact) mass is 417 g/mol. The van der Waals surface area contributed by atoms with E-state index in [0.29, 0.717) is 5.56 Å². The number of benzene rings is 2. The smallest absolute Gasteiger partial charge is 0.341 e. The molecule has 0 aliphatic rings. The molecule has 4 nitrogen and oxygen atoms in total. The molecule has 1 N–H and O–H groups in total. The Bertz CT molecular complexity index is 1040. The molecule has 1 heterocycles. The van der Waals surface area contributed by atoms with E-state index in [1.54, 1.807) is 0 Å². The van der Waals surface area contributed by atoms with Gasteiger partial charge in [-0.2, -0.15) is 0 Å². The predicted octanol–water partition coefficient (Wildman–Crippen LogP) is 5.86. The summed E-state index contributed by atoms with van der Waals surface area (Å²) in [5, 5.41) is 2.89. The summed E-state index contributed by atoms with van der Waals surface area (Å²) in [6.45, 7) is 3.81. The van der Waals surface area contributed by atoms with E-state index >= 15 is 0 Å². The summed E-state index contributed by atoms with van der Waals surface area (Å²) >= 11 is 7.20. The Morgan fingerprint density at radius 2 is 1.75 bits per heavy atom. The van der Waals surface area contributed by atoms with Crippen LogP contribution in [0.2, 0.25) is 5.02 Å². The van der Waals surface area contributed by atoms with Crippen LogP contribution in [0, 0.1) is 19.7 Å². The Kier molecular flexibility index (Phi) is 5.82. The molecule has 1 amide bonds. The van der Waals surface area contributed by atoms with Crippen LogP contribution in [-0.4, -0.2) is 19.0 Å². The van der Waals surface area contributed by atoms with Crippen molar-refractivity contribution in [3.8, 4) is 11.1 Å². The molecule has 3 aromatic rings. The normalized spacial score (nSPS) is 10.6. The van der Waals surface area contributed by atoms with E-state index in [1.807, 2.05) is 38.1 Å². The number of nitrogens with one attached hydrogen (secondary N) is 1. The molecule has 28 heavy (non-hydrogen) atoms. The van der Waals surface area contributed by atoms with Gasteiger partial charge < -0.3 is 10.1 Å². The first-order valence-electron chi connectivity index (χ1n) is 8.37. The fourth-order valence-corrected chi connectivity index (χ4v) is 4.19. The van der Waals surface area contributed by atoms with E-state index < -0.39 is 17.7 Å². The summed E-state index contributed by atoms with van der Waals surface area (Å²) < 4.78 is 19.0. The number of carbonyl (C=O) groups excluding carboxylic acids is 2. The van der Waals surface area contributed by atoms with Gasteiger partial charge in [-0.3, -0.25) is 4.79 Å². The number of rotatable bonds is 4. The maximum Gasteiger partial charge on any atom is 0.341 e. The molecule has 144 valence electrons. The zero-order valence-electron chi connectivity index (χ0n) is 15.4. The number of methoxy groups -OCH3 is 1. The second-order valence-electron chi connectivity index (χ2n) is 6.15. The molecule has 0 aliphatic carbocycles. The Hall–Kier alpha value is -2.70. The highest BCUT2D eigenvalue weighted by Gasteiger charge is 2.26. The highest BCUT2D eigenvalue weighted by Crippen LogP contribution is 2.40. The lowest BCUT2D eigenvalue weighted by Crippen LogP contribution is -2.16. The van der Waals surface area contributed by atoms with Crippen LogP contribution in [0.1, 0.15) is 31.2 Å². The van der Waals surface area contributed by atoms with E-state index in [9.17, 15) is 14.0 Å². The summed E-state index contributed by atoms with van der Waals surface area (Å²) in [4.78, 5) is 26.0. The van der Waals surface area contributed by atoms with Gasteiger partial charge in [0.1, 0.15) is 16.4 Å². The predicted molar refractivity (Wildman–Crippen MR) is 110 cm³/mol. The van der Waals surface area contributed by atoms with E-state index in [2.05, 4.69) is 5.32 Å². The van der Waals surface area contributed by atoms with Crippen LogP contribution in [0.15, 0.2) is 42.5 Å². The van der Waals surface area contributed by atoms with Gasteiger partial charge in [-0.05, 0) is 31.5 Å². The fourth-order valence-electron chi connectivity index (χ4n) is 2.88. The SMILES string of the molecule is COC(=O)c1c(NC(=O)c2c(F)cccc2Cl)sc(C)c1-c1ccc(C)cc1. The van der Waals surface area contributed by atoms with E-state index in [0.717, 1.165) is 22.1 Å². The molecule has 0 saturated heterocycles. The zero-order valence-corrected chi connectivity index (χ0v) is 17.0. The van der Waals surface area contributed by atoms with Crippen molar-refractivity contribution in [3.05, 3.63) is 74.9 Å². The average Bonchev–Trinajstić information content (AvgIpc) is 2.97. The number of ether oxygens (including phenoxy) is 1. The van der Waals surface area contributed by atoms with Crippen LogP contribution >= 0.6 is 22.9 Å². The number of hydrogen-bond donors (Lipinski definition) is 1. The number of carbonyl (C=O) groups is 2. The molecule has 2 aromatic carbocycles. The second kappa shape index (κ2) is 8.12. The number of hydrogen-bond acceptors (Lipinski definition) is 4. The van der Waals surface area contributed by atoms with Crippen molar-refractivity contribution in [3.63, 3.8) is 0 Å². The third kappa shape index (κ3) is 3.79. The number of esters is 1. The summed E-state index contributed by atoms with van der Waals surface area (Å²) in [5.41, 5.74) is 2.53. The van der Waals surface area contributed by atoms with Gasteiger partial charge in [0.15, 0.2) is 0 Å². The Labute approximate surface area is 170 Å². The number of anilines is 1. The van der Waals surface area contributed by atoms with Gasteiger partial charge >= 0.3 is 5.97 Å². The molecule has 7 heteroatoms. The molecule has 0 fully saturated rings. The first-order valence-corrected chi connectivity index (χ1v) is 9.57. The minimum Gasteiger partial charge on any atom is -0.465 e. The third-order valence-corrected chi connectivity index (χ3v) is 5.57. The second-order valence-corrected chi connectivity index (χ2v) is 7.78. The molecule has 1 aromatic heterocycles. The highest BCUT2D eigenvalue weighted by atomic mass is 35.5. The first-order chi connectivity index (χ1) is 13.3. The standard InChI is InChI=1S/C21H17ClFNO3S/c1-11-7-9-13(10-8-11)16-12(2)28-20(18(16)21(26)27-3)24-19(25)17-14(22)5-4-6-15(17)23/h4-10H,1-3H3,(H,24,25). The molecular weight excluding hydrogens is 401 g/mol. The first kappa shape index (κ1) is 20.0. The van der Waals surface area contributed by atoms with Gasteiger partial charge in [-0.25, -0.2) is 9.18 Å². The average molecular weight is 418 g/mol. The van der Waals surface area contributed by atoms with Gasteiger partial charge in [-0.1, -0.05) is 47.5 Å². The molecule has 0 radical (unpaired) electrons. The van der Waals surface area contributed by atoms with Crippen molar-refractivity contribution in [2.24, 2.45) is 0 Å². The molecular formula is C21H17ClFNO3S. The topological polar surface area (TPSA) is 55.4 Å². The van der Waals surface area contributed by atoms with Crippen molar-refractivity contribution in [1.82, 2.24) is 0 Å². The van der Waals surface area contributed by atoms with Gasteiger partial charge in [0.05, 0.1) is 17.7 Å². The van der Waals surface area contributed by atoms with Gasteiger partial charge in [0.25, 0.3) is 5.91 Å². The number of amides is 1. The maximum atomic E-state index is 14.1. The van der Waals surface area contributed by atoms with Gasteiger partial charge in [0.2, 0.25) is 0 Å². The van der Waals surface area contributed by atoms with Crippen molar-refractivity contribution >= 4 is 39.8 Å². The number of halogens is 2. The quantitative estimate of drug-likeness (QED) is 0.540. The molecule has 0 aliphatic heterocycles. The molecule has 0 spiro atoms. The minimum atomic E-state index is -0.739. The van der Waals surface area contributed by atoms with Crippen LogP contribution in [0.25, 0.3) is 11.1 Å². The Morgan fingerprint density at radius 3 is 2.36 bits per heavy atom. The lowest BCUT2D eigenvalue weighted by Gasteiger charge is -2.09. The van der Waals surface area contributed by atoms with Crippen LogP contribution < -0.4 is 5.32 Å². The van der Waals surface area contributed by atoms with Crippen LogP contribution in [0.4, 0.5) is 9.39 Å². The molecule has 0 atom stereocenters. The zero-order chi connectivity index (χ0) is 20.4. The summed E-state index contributed by atoms with van der Waals surface area (Å²) in [6, 6.07) is 11.7. The largest absolute Gasteiger partial charge is 0.465 e. The van der Waals surface area contributed by atoms with Crippen molar-refractivity contribution < 1.29 is 18.7 Å². The third-order valence-electron chi connectivity index (χ3n) is 4.23. The van der Waals surface area contributed by atoms with Crippen LogP contribution in [-0.2, 0) is 4.74 Å². The number of aryl methyl sites for hydroxylation is 2. The van der Waals surface area contributed by atoms with Crippen molar-refractivity contribution in [2.75, 3.05) is 12.4 Å². The van der Waals surface area contributed by atoms with Crippen LogP contribution in [0.5, 0.6) is 0 Å². The lowest BCUT2D eigenvalue weighted by molar-refractivity contribution is 0.0603. The Morgan fingerprint density at radius 1 is 1.07 bits per heavy atom. The van der Waals surface area contributed by atoms with E-state index in [4.69, 9.17) is 16.3 Å². The highest BCUT2D eigenvalue weighted by molar-refractivity contribution is 7.17. The molecule has 0 bridgehead atoms. The molecule has 0 saturated carbocycles. The number of thiophene rings is 1. The van der Waals surface area contributed by atoms with E-state index in [-0.39, 0.29) is 21.2 Å². The maximum absolute atomic E-state index is 14.1. The lowest BCUT2D eigenvalue weighted by atomic mass is 10.0. The minimum absolute atomic E-state index is 0.0100. The van der Waals surface area contributed by atoms with Gasteiger partial charge in [0, 0.05) is 10.4 Å². The summed E-state index contributed by atoms with van der Waals surface area (Å²) in [5.74, 6) is -2.06. The Balaban J connectivity index is 2.09. The summed E-state index contributed by atoms with van der Waals surface area (Å²) in [6.07, 6.45) is 0. The van der Waals surface area contributed by atoms with E-state index in [1.165, 1.54) is 30.6 Å².